The van der Waals surface area contributed by atoms with Crippen molar-refractivity contribution in [1.82, 2.24) is 10.2 Å². The van der Waals surface area contributed by atoms with Gasteiger partial charge in [-0.15, -0.1) is 0 Å². The highest BCUT2D eigenvalue weighted by Gasteiger charge is 2.18. The number of rotatable bonds is 6. The predicted octanol–water partition coefficient (Wildman–Crippen LogP) is 3.31. The smallest absolute Gasteiger partial charge is 0.195 e. The number of halogens is 1. The second-order valence-electron chi connectivity index (χ2n) is 7.62. The summed E-state index contributed by atoms with van der Waals surface area (Å²) in [5.41, 5.74) is 2.06. The van der Waals surface area contributed by atoms with Crippen molar-refractivity contribution in [3.63, 3.8) is 0 Å². The average Bonchev–Trinajstić information content (AvgIpc) is 2.82. The minimum atomic E-state index is 0.579. The Kier molecular flexibility index (Phi) is 7.38. The molecule has 4 rings (SSSR count). The van der Waals surface area contributed by atoms with Gasteiger partial charge in [-0.25, -0.2) is 0 Å². The number of hydrogen-bond donors (Lipinski definition) is 2. The van der Waals surface area contributed by atoms with Gasteiger partial charge in [0.2, 0.25) is 0 Å². The highest BCUT2D eigenvalue weighted by molar-refractivity contribution is 6.33. The molecule has 0 saturated carbocycles. The number of benzene rings is 2. The number of ether oxygens (including phenoxy) is 2. The Bertz CT molecular complexity index is 899. The lowest BCUT2D eigenvalue weighted by Crippen LogP contribution is -2.47. The SMILES string of the molecule is CN=C(NCCCN1CCN(c2ccccc2Cl)CC1)Nc1ccc2c(c1)OCCO2. The van der Waals surface area contributed by atoms with Gasteiger partial charge >= 0.3 is 0 Å². The Morgan fingerprint density at radius 3 is 2.58 bits per heavy atom. The summed E-state index contributed by atoms with van der Waals surface area (Å²) in [5, 5.41) is 7.54. The number of anilines is 2. The quantitative estimate of drug-likeness (QED) is 0.406. The molecule has 0 radical (unpaired) electrons. The molecule has 2 aliphatic heterocycles. The molecule has 0 aliphatic carbocycles. The zero-order chi connectivity index (χ0) is 21.5. The minimum Gasteiger partial charge on any atom is -0.486 e. The molecule has 2 heterocycles. The first-order valence-corrected chi connectivity index (χ1v) is 11.2. The van der Waals surface area contributed by atoms with Crippen LogP contribution in [0.3, 0.4) is 0 Å². The van der Waals surface area contributed by atoms with Gasteiger partial charge in [0, 0.05) is 51.5 Å². The van der Waals surface area contributed by atoms with Gasteiger partial charge in [-0.3, -0.25) is 9.89 Å². The first kappa shape index (κ1) is 21.6. The van der Waals surface area contributed by atoms with Gasteiger partial charge in [-0.1, -0.05) is 23.7 Å². The summed E-state index contributed by atoms with van der Waals surface area (Å²) in [6.07, 6.45) is 1.05. The number of guanidine groups is 1. The van der Waals surface area contributed by atoms with Crippen LogP contribution >= 0.6 is 11.6 Å². The Morgan fingerprint density at radius 1 is 1.03 bits per heavy atom. The van der Waals surface area contributed by atoms with Crippen LogP contribution in [0.25, 0.3) is 0 Å². The average molecular weight is 444 g/mol. The van der Waals surface area contributed by atoms with Crippen molar-refractivity contribution in [2.24, 2.45) is 4.99 Å². The van der Waals surface area contributed by atoms with Crippen LogP contribution in [0.4, 0.5) is 11.4 Å². The van der Waals surface area contributed by atoms with Crippen molar-refractivity contribution in [2.75, 3.05) is 69.7 Å². The molecule has 1 fully saturated rings. The number of nitrogens with zero attached hydrogens (tertiary/aromatic N) is 3. The molecule has 0 unspecified atom stereocenters. The molecule has 2 aromatic rings. The van der Waals surface area contributed by atoms with Crippen LogP contribution in [0.1, 0.15) is 6.42 Å². The second kappa shape index (κ2) is 10.6. The third kappa shape index (κ3) is 5.74. The van der Waals surface area contributed by atoms with E-state index in [9.17, 15) is 0 Å². The van der Waals surface area contributed by atoms with Gasteiger partial charge in [0.25, 0.3) is 0 Å². The maximum atomic E-state index is 6.34. The zero-order valence-corrected chi connectivity index (χ0v) is 18.7. The fourth-order valence-electron chi connectivity index (χ4n) is 3.87. The fraction of sp³-hybridized carbons (Fsp3) is 0.435. The van der Waals surface area contributed by atoms with Gasteiger partial charge in [0.05, 0.1) is 10.7 Å². The molecule has 2 N–H and O–H groups in total. The molecule has 0 aromatic heterocycles. The minimum absolute atomic E-state index is 0.579. The first-order chi connectivity index (χ1) is 15.2. The second-order valence-corrected chi connectivity index (χ2v) is 8.02. The highest BCUT2D eigenvalue weighted by atomic mass is 35.5. The fourth-order valence-corrected chi connectivity index (χ4v) is 4.12. The largest absolute Gasteiger partial charge is 0.486 e. The summed E-state index contributed by atoms with van der Waals surface area (Å²) in [7, 11) is 1.78. The number of piperazine rings is 1. The molecule has 2 aromatic carbocycles. The van der Waals surface area contributed by atoms with E-state index in [0.717, 1.165) is 79.5 Å². The van der Waals surface area contributed by atoms with E-state index in [1.165, 1.54) is 0 Å². The Hall–Kier alpha value is -2.64. The Labute approximate surface area is 189 Å². The Morgan fingerprint density at radius 2 is 1.81 bits per heavy atom. The van der Waals surface area contributed by atoms with Crippen LogP contribution in [-0.4, -0.2) is 70.4 Å². The highest BCUT2D eigenvalue weighted by Crippen LogP contribution is 2.32. The third-order valence-electron chi connectivity index (χ3n) is 5.54. The third-order valence-corrected chi connectivity index (χ3v) is 5.86. The summed E-state index contributed by atoms with van der Waals surface area (Å²) < 4.78 is 11.2. The molecule has 0 amide bonds. The molecular formula is C23H30ClN5O2. The van der Waals surface area contributed by atoms with Gasteiger partial charge < -0.3 is 25.0 Å². The summed E-state index contributed by atoms with van der Waals surface area (Å²) in [4.78, 5) is 9.20. The van der Waals surface area contributed by atoms with E-state index in [4.69, 9.17) is 21.1 Å². The molecule has 2 aliphatic rings. The lowest BCUT2D eigenvalue weighted by Gasteiger charge is -2.36. The molecule has 166 valence electrons. The maximum Gasteiger partial charge on any atom is 0.195 e. The van der Waals surface area contributed by atoms with E-state index in [0.29, 0.717) is 13.2 Å². The van der Waals surface area contributed by atoms with Crippen molar-refractivity contribution < 1.29 is 9.47 Å². The molecule has 8 heteroatoms. The number of hydrogen-bond acceptors (Lipinski definition) is 5. The van der Waals surface area contributed by atoms with E-state index in [1.54, 1.807) is 7.05 Å². The topological polar surface area (TPSA) is 61.4 Å². The number of nitrogens with one attached hydrogen (secondary N) is 2. The van der Waals surface area contributed by atoms with E-state index < -0.39 is 0 Å². The molecule has 0 spiro atoms. The van der Waals surface area contributed by atoms with E-state index in [2.05, 4.69) is 31.5 Å². The van der Waals surface area contributed by atoms with Crippen molar-refractivity contribution in [3.8, 4) is 11.5 Å². The molecule has 1 saturated heterocycles. The standard InChI is InChI=1S/C23H30ClN5O2/c1-25-23(27-18-7-8-21-22(17-18)31-16-15-30-21)26-9-4-10-28-11-13-29(14-12-28)20-6-3-2-5-19(20)24/h2-3,5-8,17H,4,9-16H2,1H3,(H2,25,26,27). The van der Waals surface area contributed by atoms with Crippen LogP contribution in [0.2, 0.25) is 5.02 Å². The van der Waals surface area contributed by atoms with Gasteiger partial charge in [0.15, 0.2) is 17.5 Å². The van der Waals surface area contributed by atoms with Gasteiger partial charge in [0.1, 0.15) is 13.2 Å². The summed E-state index contributed by atoms with van der Waals surface area (Å²) in [6, 6.07) is 13.9. The van der Waals surface area contributed by atoms with E-state index in [1.807, 2.05) is 36.4 Å². The lowest BCUT2D eigenvalue weighted by molar-refractivity contribution is 0.171. The van der Waals surface area contributed by atoms with Crippen LogP contribution < -0.4 is 25.0 Å². The predicted molar refractivity (Wildman–Crippen MR) is 127 cm³/mol. The van der Waals surface area contributed by atoms with Gasteiger partial charge in [-0.05, 0) is 37.2 Å². The molecule has 0 atom stereocenters. The van der Waals surface area contributed by atoms with E-state index in [-0.39, 0.29) is 0 Å². The molecular weight excluding hydrogens is 414 g/mol. The lowest BCUT2D eigenvalue weighted by atomic mass is 10.2. The van der Waals surface area contributed by atoms with E-state index >= 15 is 0 Å². The first-order valence-electron chi connectivity index (χ1n) is 10.8. The number of aliphatic imine (C=N–C) groups is 1. The normalized spacial score (nSPS) is 16.8. The summed E-state index contributed by atoms with van der Waals surface area (Å²) in [5.74, 6) is 2.30. The van der Waals surface area contributed by atoms with Crippen LogP contribution in [0.5, 0.6) is 11.5 Å². The van der Waals surface area contributed by atoms with Crippen LogP contribution in [0.15, 0.2) is 47.5 Å². The number of para-hydroxylation sites is 1. The maximum absolute atomic E-state index is 6.34. The van der Waals surface area contributed by atoms with Crippen LogP contribution in [0, 0.1) is 0 Å². The monoisotopic (exact) mass is 443 g/mol. The Balaban J connectivity index is 1.17. The van der Waals surface area contributed by atoms with Gasteiger partial charge in [-0.2, -0.15) is 0 Å². The zero-order valence-electron chi connectivity index (χ0n) is 17.9. The number of fused-ring (bicyclic) bond motifs is 1. The summed E-state index contributed by atoms with van der Waals surface area (Å²) in [6.45, 7) is 7.20. The van der Waals surface area contributed by atoms with Crippen molar-refractivity contribution in [1.29, 1.82) is 0 Å². The summed E-state index contributed by atoms with van der Waals surface area (Å²) >= 11 is 6.34. The van der Waals surface area contributed by atoms with Crippen molar-refractivity contribution in [3.05, 3.63) is 47.5 Å². The molecule has 31 heavy (non-hydrogen) atoms. The van der Waals surface area contributed by atoms with Crippen LogP contribution in [-0.2, 0) is 0 Å². The molecule has 7 nitrogen and oxygen atoms in total. The van der Waals surface area contributed by atoms with Crippen molar-refractivity contribution in [2.45, 2.75) is 6.42 Å². The molecule has 0 bridgehead atoms. The van der Waals surface area contributed by atoms with Crippen molar-refractivity contribution >= 4 is 28.9 Å².